The van der Waals surface area contributed by atoms with Gasteiger partial charge in [0.2, 0.25) is 0 Å². The average Bonchev–Trinajstić information content (AvgIpc) is 2.81. The van der Waals surface area contributed by atoms with Gasteiger partial charge in [-0.2, -0.15) is 0 Å². The van der Waals surface area contributed by atoms with E-state index in [0.717, 1.165) is 31.1 Å². The Hall–Kier alpha value is -0.490. The Bertz CT molecular complexity index is 347. The van der Waals surface area contributed by atoms with Crippen molar-refractivity contribution in [1.82, 2.24) is 10.3 Å². The highest BCUT2D eigenvalue weighted by atomic mass is 32.1. The Kier molecular flexibility index (Phi) is 7.53. The number of thiazole rings is 1. The summed E-state index contributed by atoms with van der Waals surface area (Å²) in [4.78, 5) is 4.65. The number of nitrogens with zero attached hydrogens (tertiary/aromatic N) is 1. The molecule has 0 aliphatic carbocycles. The topological polar surface area (TPSA) is 43.4 Å². The number of rotatable bonds is 9. The molecule has 0 spiro atoms. The van der Waals surface area contributed by atoms with Crippen LogP contribution in [-0.4, -0.2) is 38.5 Å². The summed E-state index contributed by atoms with van der Waals surface area (Å²) in [5.41, 5.74) is 1.32. The highest BCUT2D eigenvalue weighted by Crippen LogP contribution is 2.23. The second-order valence-electron chi connectivity index (χ2n) is 5.51. The van der Waals surface area contributed by atoms with Gasteiger partial charge in [-0.15, -0.1) is 11.3 Å². The normalized spacial score (nSPS) is 12.0. The molecule has 0 amide bonds. The lowest BCUT2D eigenvalue weighted by Crippen LogP contribution is -2.17. The van der Waals surface area contributed by atoms with E-state index >= 15 is 0 Å². The summed E-state index contributed by atoms with van der Waals surface area (Å²) in [5.74, 6) is 0. The molecule has 0 radical (unpaired) electrons. The van der Waals surface area contributed by atoms with Crippen LogP contribution in [0.25, 0.3) is 0 Å². The molecule has 1 N–H and O–H groups in total. The molecule has 110 valence electrons. The summed E-state index contributed by atoms with van der Waals surface area (Å²) >= 11 is 1.73. The summed E-state index contributed by atoms with van der Waals surface area (Å²) in [6.45, 7) is 10.5. The van der Waals surface area contributed by atoms with Crippen LogP contribution in [0.5, 0.6) is 0 Å². The van der Waals surface area contributed by atoms with Gasteiger partial charge in [0.15, 0.2) is 0 Å². The van der Waals surface area contributed by atoms with E-state index < -0.39 is 0 Å². The first-order valence-corrected chi connectivity index (χ1v) is 7.64. The van der Waals surface area contributed by atoms with Crippen LogP contribution in [-0.2, 0) is 21.4 Å². The van der Waals surface area contributed by atoms with Crippen molar-refractivity contribution in [2.75, 3.05) is 33.5 Å². The van der Waals surface area contributed by atoms with Crippen molar-refractivity contribution in [2.45, 2.75) is 39.2 Å². The summed E-state index contributed by atoms with van der Waals surface area (Å²) in [6.07, 6.45) is 1.02. The van der Waals surface area contributed by atoms with E-state index in [0.29, 0.717) is 13.2 Å². The molecule has 19 heavy (non-hydrogen) atoms. The van der Waals surface area contributed by atoms with E-state index in [1.54, 1.807) is 18.4 Å². The van der Waals surface area contributed by atoms with E-state index in [1.165, 1.54) is 5.69 Å². The summed E-state index contributed by atoms with van der Waals surface area (Å²) in [7, 11) is 1.69. The molecule has 5 heteroatoms. The van der Waals surface area contributed by atoms with Crippen LogP contribution in [0.4, 0.5) is 0 Å². The van der Waals surface area contributed by atoms with Gasteiger partial charge in [-0.25, -0.2) is 4.98 Å². The zero-order valence-electron chi connectivity index (χ0n) is 12.5. The van der Waals surface area contributed by atoms with Crippen LogP contribution in [0.1, 0.15) is 37.9 Å². The van der Waals surface area contributed by atoms with Crippen LogP contribution in [0, 0.1) is 0 Å². The third-order valence-electron chi connectivity index (χ3n) is 2.67. The number of aromatic nitrogens is 1. The Labute approximate surface area is 120 Å². The van der Waals surface area contributed by atoms with E-state index in [9.17, 15) is 0 Å². The van der Waals surface area contributed by atoms with Crippen molar-refractivity contribution in [2.24, 2.45) is 0 Å². The number of hydrogen-bond donors (Lipinski definition) is 1. The molecule has 0 saturated carbocycles. The van der Waals surface area contributed by atoms with Gasteiger partial charge in [0, 0.05) is 31.1 Å². The van der Waals surface area contributed by atoms with E-state index in [4.69, 9.17) is 9.47 Å². The smallest absolute Gasteiger partial charge is 0.107 e. The first-order chi connectivity index (χ1) is 9.04. The molecular formula is C14H26N2O2S. The minimum Gasteiger partial charge on any atom is -0.382 e. The standard InChI is InChI=1S/C14H26N2O2S/c1-14(2,3)12-11-19-13(16-12)10-15-6-5-7-18-9-8-17-4/h11,15H,5-10H2,1-4H3. The summed E-state index contributed by atoms with van der Waals surface area (Å²) < 4.78 is 10.3. The molecule has 0 aliphatic heterocycles. The predicted molar refractivity (Wildman–Crippen MR) is 79.8 cm³/mol. The fraction of sp³-hybridized carbons (Fsp3) is 0.786. The second-order valence-corrected chi connectivity index (χ2v) is 6.45. The largest absolute Gasteiger partial charge is 0.382 e. The molecular weight excluding hydrogens is 260 g/mol. The number of nitrogens with one attached hydrogen (secondary N) is 1. The molecule has 0 bridgehead atoms. The molecule has 4 nitrogen and oxygen atoms in total. The van der Waals surface area contributed by atoms with Crippen molar-refractivity contribution < 1.29 is 9.47 Å². The maximum Gasteiger partial charge on any atom is 0.107 e. The van der Waals surface area contributed by atoms with E-state index in [-0.39, 0.29) is 5.41 Å². The minimum atomic E-state index is 0.143. The fourth-order valence-corrected chi connectivity index (χ4v) is 2.47. The Morgan fingerprint density at radius 3 is 2.68 bits per heavy atom. The lowest BCUT2D eigenvalue weighted by molar-refractivity contribution is 0.0695. The van der Waals surface area contributed by atoms with Gasteiger partial charge in [-0.05, 0) is 13.0 Å². The first kappa shape index (κ1) is 16.6. The predicted octanol–water partition coefficient (Wildman–Crippen LogP) is 2.58. The molecule has 1 rings (SSSR count). The molecule has 0 aliphatic rings. The lowest BCUT2D eigenvalue weighted by Gasteiger charge is -2.14. The van der Waals surface area contributed by atoms with Gasteiger partial charge in [0.05, 0.1) is 18.9 Å². The second kappa shape index (κ2) is 8.64. The van der Waals surface area contributed by atoms with Crippen molar-refractivity contribution in [3.8, 4) is 0 Å². The Morgan fingerprint density at radius 1 is 1.26 bits per heavy atom. The van der Waals surface area contributed by atoms with Gasteiger partial charge < -0.3 is 14.8 Å². The Balaban J connectivity index is 2.08. The molecule has 0 saturated heterocycles. The molecule has 1 aromatic rings. The molecule has 0 atom stereocenters. The van der Waals surface area contributed by atoms with Gasteiger partial charge in [0.25, 0.3) is 0 Å². The van der Waals surface area contributed by atoms with Gasteiger partial charge in [0.1, 0.15) is 5.01 Å². The van der Waals surface area contributed by atoms with Crippen LogP contribution < -0.4 is 5.32 Å². The summed E-state index contributed by atoms with van der Waals surface area (Å²) in [6, 6.07) is 0. The quantitative estimate of drug-likeness (QED) is 0.709. The molecule has 1 aromatic heterocycles. The van der Waals surface area contributed by atoms with Gasteiger partial charge >= 0.3 is 0 Å². The van der Waals surface area contributed by atoms with Crippen molar-refractivity contribution in [3.05, 3.63) is 16.1 Å². The average molecular weight is 286 g/mol. The van der Waals surface area contributed by atoms with E-state index in [2.05, 4.69) is 36.5 Å². The maximum atomic E-state index is 5.40. The number of hydrogen-bond acceptors (Lipinski definition) is 5. The third-order valence-corrected chi connectivity index (χ3v) is 3.52. The van der Waals surface area contributed by atoms with E-state index in [1.807, 2.05) is 0 Å². The van der Waals surface area contributed by atoms with Crippen molar-refractivity contribution >= 4 is 11.3 Å². The highest BCUT2D eigenvalue weighted by molar-refractivity contribution is 7.09. The zero-order valence-corrected chi connectivity index (χ0v) is 13.3. The molecule has 0 fully saturated rings. The third kappa shape index (κ3) is 7.01. The van der Waals surface area contributed by atoms with Gasteiger partial charge in [-0.1, -0.05) is 20.8 Å². The van der Waals surface area contributed by atoms with Crippen LogP contribution in [0.15, 0.2) is 5.38 Å². The maximum absolute atomic E-state index is 5.40. The number of ether oxygens (including phenoxy) is 2. The zero-order chi connectivity index (χ0) is 14.1. The molecule has 0 unspecified atom stereocenters. The number of methoxy groups -OCH3 is 1. The van der Waals surface area contributed by atoms with Crippen LogP contribution >= 0.6 is 11.3 Å². The SMILES string of the molecule is COCCOCCCNCc1nc(C(C)(C)C)cs1. The fourth-order valence-electron chi connectivity index (χ4n) is 1.48. The molecule has 1 heterocycles. The van der Waals surface area contributed by atoms with Gasteiger partial charge in [-0.3, -0.25) is 0 Å². The Morgan fingerprint density at radius 2 is 2.05 bits per heavy atom. The van der Waals surface area contributed by atoms with Crippen molar-refractivity contribution in [3.63, 3.8) is 0 Å². The first-order valence-electron chi connectivity index (χ1n) is 6.76. The minimum absolute atomic E-state index is 0.143. The highest BCUT2D eigenvalue weighted by Gasteiger charge is 2.16. The van der Waals surface area contributed by atoms with Crippen molar-refractivity contribution in [1.29, 1.82) is 0 Å². The van der Waals surface area contributed by atoms with Crippen LogP contribution in [0.3, 0.4) is 0 Å². The van der Waals surface area contributed by atoms with Crippen LogP contribution in [0.2, 0.25) is 0 Å². The lowest BCUT2D eigenvalue weighted by atomic mass is 9.93. The summed E-state index contributed by atoms with van der Waals surface area (Å²) in [5, 5.41) is 6.71. The monoisotopic (exact) mass is 286 g/mol. The molecule has 0 aromatic carbocycles.